The normalized spacial score (nSPS) is 25.5. The summed E-state index contributed by atoms with van der Waals surface area (Å²) >= 11 is 0. The summed E-state index contributed by atoms with van der Waals surface area (Å²) in [6.07, 6.45) is 3.93. The van der Waals surface area contributed by atoms with Crippen molar-refractivity contribution in [1.29, 1.82) is 0 Å². The second-order valence-corrected chi connectivity index (χ2v) is 11.0. The highest BCUT2D eigenvalue weighted by Gasteiger charge is 2.39. The molecular formula is C28H33F2N5O2. The van der Waals surface area contributed by atoms with Crippen LogP contribution in [0.15, 0.2) is 36.5 Å². The number of morpholine rings is 1. The summed E-state index contributed by atoms with van der Waals surface area (Å²) in [7, 11) is 0. The number of alkyl halides is 2. The third-order valence-corrected chi connectivity index (χ3v) is 8.42. The van der Waals surface area contributed by atoms with Crippen LogP contribution in [0.25, 0.3) is 10.9 Å². The summed E-state index contributed by atoms with van der Waals surface area (Å²) in [6, 6.07) is 9.67. The van der Waals surface area contributed by atoms with E-state index < -0.39 is 12.3 Å². The van der Waals surface area contributed by atoms with E-state index in [1.54, 1.807) is 23.0 Å². The molecule has 2 aliphatic heterocycles. The molecule has 1 amide bonds. The monoisotopic (exact) mass is 509 g/mol. The summed E-state index contributed by atoms with van der Waals surface area (Å²) in [4.78, 5) is 20.5. The Bertz CT molecular complexity index is 1300. The van der Waals surface area contributed by atoms with E-state index in [2.05, 4.69) is 29.2 Å². The quantitative estimate of drug-likeness (QED) is 0.442. The predicted octanol–water partition coefficient (Wildman–Crippen LogP) is 5.99. The van der Waals surface area contributed by atoms with Crippen LogP contribution < -0.4 is 10.2 Å². The molecule has 3 fully saturated rings. The third-order valence-electron chi connectivity index (χ3n) is 8.42. The van der Waals surface area contributed by atoms with Crippen LogP contribution >= 0.6 is 0 Å². The van der Waals surface area contributed by atoms with E-state index in [-0.39, 0.29) is 23.5 Å². The van der Waals surface area contributed by atoms with Gasteiger partial charge in [-0.1, -0.05) is 26.0 Å². The first kappa shape index (κ1) is 24.3. The Morgan fingerprint density at radius 1 is 1.11 bits per heavy atom. The summed E-state index contributed by atoms with van der Waals surface area (Å²) in [5, 5.41) is 7.77. The average Bonchev–Trinajstić information content (AvgIpc) is 3.64. The number of hydrogen-bond donors (Lipinski definition) is 1. The predicted molar refractivity (Wildman–Crippen MR) is 138 cm³/mol. The Labute approximate surface area is 215 Å². The zero-order chi connectivity index (χ0) is 25.7. The summed E-state index contributed by atoms with van der Waals surface area (Å²) < 4.78 is 35.2. The first-order valence-electron chi connectivity index (χ1n) is 13.3. The number of fused-ring (bicyclic) bond motifs is 3. The molecule has 4 heterocycles. The molecule has 0 spiro atoms. The van der Waals surface area contributed by atoms with Crippen LogP contribution in [0.1, 0.15) is 74.5 Å². The Kier molecular flexibility index (Phi) is 6.34. The van der Waals surface area contributed by atoms with Crippen molar-refractivity contribution in [2.75, 3.05) is 23.4 Å². The molecule has 1 aliphatic carbocycles. The number of hydrogen-bond acceptors (Lipinski definition) is 5. The number of ether oxygens (including phenoxy) is 1. The zero-order valence-corrected chi connectivity index (χ0v) is 21.2. The number of carbonyl (C=O) groups excluding carboxylic acids is 1. The molecule has 6 rings (SSSR count). The molecule has 7 nitrogen and oxygen atoms in total. The van der Waals surface area contributed by atoms with E-state index in [4.69, 9.17) is 9.72 Å². The van der Waals surface area contributed by atoms with Crippen LogP contribution in [0.5, 0.6) is 0 Å². The van der Waals surface area contributed by atoms with Gasteiger partial charge in [0.25, 0.3) is 12.3 Å². The molecule has 9 heteroatoms. The van der Waals surface area contributed by atoms with Gasteiger partial charge in [0, 0.05) is 18.1 Å². The topological polar surface area (TPSA) is 72.3 Å². The molecule has 3 aliphatic rings. The van der Waals surface area contributed by atoms with E-state index >= 15 is 0 Å². The average molecular weight is 510 g/mol. The fraction of sp³-hybridized carbons (Fsp3) is 0.536. The summed E-state index contributed by atoms with van der Waals surface area (Å²) in [5.41, 5.74) is 0.582. The largest absolute Gasteiger partial charge is 0.374 e. The summed E-state index contributed by atoms with van der Waals surface area (Å²) in [5.74, 6) is 1.62. The molecular weight excluding hydrogens is 476 g/mol. The van der Waals surface area contributed by atoms with E-state index in [1.165, 1.54) is 0 Å². The van der Waals surface area contributed by atoms with E-state index in [0.717, 1.165) is 49.9 Å². The standard InChI is InChI=1S/C28H33F2N5O2/c1-16(2)17-6-9-19(10-7-17)35-14-23(26(33-35)27(29)30)31-28(36)22-5-3-4-18-8-11-24(32-25(18)22)34-13-21-12-20(34)15-37-21/h3-5,8,11,14,16-17,19-21,27H,6-7,9-10,12-13,15H2,1-2H3,(H,31,36)/t17?,19?,20-,21?/m1/s1. The van der Waals surface area contributed by atoms with Gasteiger partial charge in [0.05, 0.1) is 41.6 Å². The van der Waals surface area contributed by atoms with Crippen LogP contribution in [-0.2, 0) is 4.74 Å². The lowest BCUT2D eigenvalue weighted by Crippen LogP contribution is -2.37. The highest BCUT2D eigenvalue weighted by Crippen LogP contribution is 2.38. The molecule has 37 heavy (non-hydrogen) atoms. The van der Waals surface area contributed by atoms with Gasteiger partial charge in [0.2, 0.25) is 0 Å². The molecule has 2 aromatic heterocycles. The number of rotatable bonds is 6. The zero-order valence-electron chi connectivity index (χ0n) is 21.2. The van der Waals surface area contributed by atoms with Crippen molar-refractivity contribution in [3.8, 4) is 0 Å². The molecule has 1 unspecified atom stereocenters. The van der Waals surface area contributed by atoms with Gasteiger partial charge in [-0.3, -0.25) is 9.48 Å². The molecule has 2 bridgehead atoms. The van der Waals surface area contributed by atoms with Gasteiger partial charge in [-0.2, -0.15) is 5.10 Å². The van der Waals surface area contributed by atoms with E-state index in [9.17, 15) is 13.6 Å². The molecule has 2 saturated heterocycles. The molecule has 196 valence electrons. The number of anilines is 2. The van der Waals surface area contributed by atoms with Crippen LogP contribution in [0, 0.1) is 11.8 Å². The van der Waals surface area contributed by atoms with Crippen molar-refractivity contribution in [2.24, 2.45) is 11.8 Å². The second kappa shape index (κ2) is 9.67. The Balaban J connectivity index is 1.25. The first-order chi connectivity index (χ1) is 17.9. The van der Waals surface area contributed by atoms with Gasteiger partial charge in [0.15, 0.2) is 5.69 Å². The lowest BCUT2D eigenvalue weighted by Gasteiger charge is -2.30. The fourth-order valence-electron chi connectivity index (χ4n) is 6.23. The molecule has 1 saturated carbocycles. The molecule has 0 radical (unpaired) electrons. The number of amides is 1. The highest BCUT2D eigenvalue weighted by atomic mass is 19.3. The van der Waals surface area contributed by atoms with Crippen LogP contribution in [-0.4, -0.2) is 46.0 Å². The smallest absolute Gasteiger partial charge is 0.284 e. The number of nitrogens with zero attached hydrogens (tertiary/aromatic N) is 4. The molecule has 2 atom stereocenters. The maximum Gasteiger partial charge on any atom is 0.284 e. The van der Waals surface area contributed by atoms with Gasteiger partial charge in [0.1, 0.15) is 5.82 Å². The van der Waals surface area contributed by atoms with Crippen LogP contribution in [0.4, 0.5) is 20.3 Å². The maximum absolute atomic E-state index is 13.9. The van der Waals surface area contributed by atoms with Gasteiger partial charge in [-0.15, -0.1) is 0 Å². The number of nitrogens with one attached hydrogen (secondary N) is 1. The Morgan fingerprint density at radius 3 is 2.59 bits per heavy atom. The lowest BCUT2D eigenvalue weighted by atomic mass is 9.80. The lowest BCUT2D eigenvalue weighted by molar-refractivity contribution is 0.0988. The summed E-state index contributed by atoms with van der Waals surface area (Å²) in [6.45, 7) is 5.94. The highest BCUT2D eigenvalue weighted by molar-refractivity contribution is 6.12. The van der Waals surface area contributed by atoms with Crippen molar-refractivity contribution >= 4 is 28.3 Å². The SMILES string of the molecule is CC(C)C1CCC(n2cc(NC(=O)c3cccc4ccc(N5CC6C[C@@H]5CO6)nc34)c(C(F)F)n2)CC1. The number of aromatic nitrogens is 3. The minimum absolute atomic E-state index is 0.0631. The van der Waals surface area contributed by atoms with E-state index in [1.807, 2.05) is 18.2 Å². The molecule has 1 aromatic carbocycles. The van der Waals surface area contributed by atoms with Crippen molar-refractivity contribution in [2.45, 2.75) is 70.6 Å². The van der Waals surface area contributed by atoms with Crippen molar-refractivity contribution < 1.29 is 18.3 Å². The minimum Gasteiger partial charge on any atom is -0.374 e. The van der Waals surface area contributed by atoms with Gasteiger partial charge < -0.3 is 15.0 Å². The van der Waals surface area contributed by atoms with E-state index in [0.29, 0.717) is 35.6 Å². The number of para-hydroxylation sites is 1. The van der Waals surface area contributed by atoms with Crippen molar-refractivity contribution in [1.82, 2.24) is 14.8 Å². The Hall–Kier alpha value is -3.07. The molecule has 1 N–H and O–H groups in total. The van der Waals surface area contributed by atoms with Crippen LogP contribution in [0.3, 0.4) is 0 Å². The van der Waals surface area contributed by atoms with Crippen LogP contribution in [0.2, 0.25) is 0 Å². The van der Waals surface area contributed by atoms with Gasteiger partial charge in [-0.05, 0) is 62.1 Å². The number of halogens is 2. The fourth-order valence-corrected chi connectivity index (χ4v) is 6.23. The number of pyridine rings is 1. The first-order valence-corrected chi connectivity index (χ1v) is 13.3. The molecule has 3 aromatic rings. The van der Waals surface area contributed by atoms with Gasteiger partial charge in [-0.25, -0.2) is 13.8 Å². The third kappa shape index (κ3) is 4.58. The van der Waals surface area contributed by atoms with Crippen molar-refractivity contribution in [3.63, 3.8) is 0 Å². The maximum atomic E-state index is 13.9. The number of carbonyl (C=O) groups is 1. The minimum atomic E-state index is -2.78. The van der Waals surface area contributed by atoms with Gasteiger partial charge >= 0.3 is 0 Å². The second-order valence-electron chi connectivity index (χ2n) is 11.0. The number of benzene rings is 1. The Morgan fingerprint density at radius 2 is 1.92 bits per heavy atom. The van der Waals surface area contributed by atoms with Crippen molar-refractivity contribution in [3.05, 3.63) is 47.8 Å².